The smallest absolute Gasteiger partial charge is 0.270 e. The standard InChI is InChI=1S/C19H17N3O4S/c1-26-12-11-21(19-20-16-7-2-3-8-17(16)27-19)18(23)10-9-14-5-4-6-15(13-14)22(24)25/h2-10,13H,11-12H2,1H3. The van der Waals surface area contributed by atoms with Crippen molar-refractivity contribution in [1.82, 2.24) is 4.98 Å². The van der Waals surface area contributed by atoms with Crippen LogP contribution in [-0.2, 0) is 9.53 Å². The molecule has 0 aliphatic carbocycles. The first kappa shape index (κ1) is 18.7. The molecule has 2 aromatic carbocycles. The van der Waals surface area contributed by atoms with E-state index in [1.54, 1.807) is 30.2 Å². The molecule has 0 radical (unpaired) electrons. The van der Waals surface area contributed by atoms with Crippen LogP contribution in [0.4, 0.5) is 10.8 Å². The molecule has 1 aromatic heterocycles. The molecule has 27 heavy (non-hydrogen) atoms. The van der Waals surface area contributed by atoms with Gasteiger partial charge in [-0.25, -0.2) is 4.98 Å². The van der Waals surface area contributed by atoms with Gasteiger partial charge in [0.15, 0.2) is 5.13 Å². The molecule has 0 aliphatic heterocycles. The molecular weight excluding hydrogens is 366 g/mol. The Morgan fingerprint density at radius 1 is 1.30 bits per heavy atom. The van der Waals surface area contributed by atoms with Crippen LogP contribution >= 0.6 is 11.3 Å². The van der Waals surface area contributed by atoms with E-state index in [4.69, 9.17) is 4.74 Å². The number of benzene rings is 2. The average Bonchev–Trinajstić information content (AvgIpc) is 3.10. The lowest BCUT2D eigenvalue weighted by atomic mass is 10.2. The number of amides is 1. The Kier molecular flexibility index (Phi) is 5.90. The molecular formula is C19H17N3O4S. The molecule has 3 rings (SSSR count). The second kappa shape index (κ2) is 8.52. The Morgan fingerprint density at radius 3 is 2.85 bits per heavy atom. The molecule has 1 amide bonds. The van der Waals surface area contributed by atoms with Gasteiger partial charge in [-0.2, -0.15) is 0 Å². The molecule has 138 valence electrons. The second-order valence-electron chi connectivity index (χ2n) is 5.63. The summed E-state index contributed by atoms with van der Waals surface area (Å²) in [5.74, 6) is -0.266. The van der Waals surface area contributed by atoms with Crippen molar-refractivity contribution in [2.45, 2.75) is 0 Å². The number of carbonyl (C=O) groups excluding carboxylic acids is 1. The van der Waals surface area contributed by atoms with E-state index in [9.17, 15) is 14.9 Å². The highest BCUT2D eigenvalue weighted by atomic mass is 32.1. The van der Waals surface area contributed by atoms with Crippen LogP contribution in [0.2, 0.25) is 0 Å². The normalized spacial score (nSPS) is 11.1. The minimum Gasteiger partial charge on any atom is -0.383 e. The predicted molar refractivity (Wildman–Crippen MR) is 106 cm³/mol. The Labute approximate surface area is 159 Å². The summed E-state index contributed by atoms with van der Waals surface area (Å²) in [5, 5.41) is 11.5. The lowest BCUT2D eigenvalue weighted by Crippen LogP contribution is -2.32. The van der Waals surface area contributed by atoms with E-state index < -0.39 is 4.92 Å². The lowest BCUT2D eigenvalue weighted by Gasteiger charge is -2.17. The van der Waals surface area contributed by atoms with Gasteiger partial charge in [0, 0.05) is 25.3 Å². The van der Waals surface area contributed by atoms with Crippen molar-refractivity contribution < 1.29 is 14.5 Å². The summed E-state index contributed by atoms with van der Waals surface area (Å²) in [6.45, 7) is 0.723. The number of fused-ring (bicyclic) bond motifs is 1. The Balaban J connectivity index is 1.85. The van der Waals surface area contributed by atoms with Gasteiger partial charge in [-0.15, -0.1) is 0 Å². The van der Waals surface area contributed by atoms with Crippen LogP contribution in [0.5, 0.6) is 0 Å². The fourth-order valence-corrected chi connectivity index (χ4v) is 3.45. The molecule has 0 fully saturated rings. The third-order valence-electron chi connectivity index (χ3n) is 3.80. The summed E-state index contributed by atoms with van der Waals surface area (Å²) in [4.78, 5) is 29.2. The van der Waals surface area contributed by atoms with Crippen LogP contribution in [-0.4, -0.2) is 36.1 Å². The first-order valence-electron chi connectivity index (χ1n) is 8.17. The quantitative estimate of drug-likeness (QED) is 0.351. The maximum absolute atomic E-state index is 12.7. The van der Waals surface area contributed by atoms with E-state index in [1.165, 1.54) is 29.5 Å². The van der Waals surface area contributed by atoms with Gasteiger partial charge in [0.25, 0.3) is 11.6 Å². The number of carbonyl (C=O) groups is 1. The minimum atomic E-state index is -0.467. The third-order valence-corrected chi connectivity index (χ3v) is 4.86. The van der Waals surface area contributed by atoms with Crippen molar-refractivity contribution >= 4 is 44.4 Å². The largest absolute Gasteiger partial charge is 0.383 e. The number of nitrogens with zero attached hydrogens (tertiary/aromatic N) is 3. The fraction of sp³-hybridized carbons (Fsp3) is 0.158. The first-order valence-corrected chi connectivity index (χ1v) is 8.98. The fourth-order valence-electron chi connectivity index (χ4n) is 2.46. The molecule has 0 N–H and O–H groups in total. The summed E-state index contributed by atoms with van der Waals surface area (Å²) in [6, 6.07) is 13.8. The van der Waals surface area contributed by atoms with Crippen LogP contribution in [0.15, 0.2) is 54.6 Å². The van der Waals surface area contributed by atoms with Crippen LogP contribution < -0.4 is 4.90 Å². The van der Waals surface area contributed by atoms with Gasteiger partial charge in [0.05, 0.1) is 28.3 Å². The monoisotopic (exact) mass is 383 g/mol. The summed E-state index contributed by atoms with van der Waals surface area (Å²) in [6.07, 6.45) is 2.95. The van der Waals surface area contributed by atoms with Crippen molar-refractivity contribution in [2.24, 2.45) is 0 Å². The minimum absolute atomic E-state index is 0.0213. The topological polar surface area (TPSA) is 85.6 Å². The number of nitro benzene ring substituents is 1. The zero-order chi connectivity index (χ0) is 19.2. The van der Waals surface area contributed by atoms with Gasteiger partial charge in [-0.1, -0.05) is 35.6 Å². The highest BCUT2D eigenvalue weighted by Gasteiger charge is 2.17. The molecule has 3 aromatic rings. The molecule has 0 atom stereocenters. The highest BCUT2D eigenvalue weighted by molar-refractivity contribution is 7.22. The molecule has 0 bridgehead atoms. The number of aromatic nitrogens is 1. The Hall–Kier alpha value is -3.10. The van der Waals surface area contributed by atoms with Crippen LogP contribution in [0, 0.1) is 10.1 Å². The first-order chi connectivity index (χ1) is 13.1. The number of hydrogen-bond acceptors (Lipinski definition) is 6. The van der Waals surface area contributed by atoms with E-state index in [2.05, 4.69) is 4.98 Å². The summed E-state index contributed by atoms with van der Waals surface area (Å²) in [5.41, 5.74) is 1.39. The van der Waals surface area contributed by atoms with Crippen molar-refractivity contribution in [1.29, 1.82) is 0 Å². The Bertz CT molecular complexity index is 966. The molecule has 0 saturated heterocycles. The van der Waals surface area contributed by atoms with Gasteiger partial charge >= 0.3 is 0 Å². The lowest BCUT2D eigenvalue weighted by molar-refractivity contribution is -0.384. The summed E-state index contributed by atoms with van der Waals surface area (Å²) in [7, 11) is 1.57. The number of para-hydroxylation sites is 1. The number of thiazole rings is 1. The molecule has 0 unspecified atom stereocenters. The summed E-state index contributed by atoms with van der Waals surface area (Å²) >= 11 is 1.43. The van der Waals surface area contributed by atoms with E-state index in [0.717, 1.165) is 10.2 Å². The van der Waals surface area contributed by atoms with Crippen molar-refractivity contribution in [3.63, 3.8) is 0 Å². The third kappa shape index (κ3) is 4.55. The van der Waals surface area contributed by atoms with Crippen molar-refractivity contribution in [3.8, 4) is 0 Å². The average molecular weight is 383 g/mol. The highest BCUT2D eigenvalue weighted by Crippen LogP contribution is 2.28. The van der Waals surface area contributed by atoms with Gasteiger partial charge in [0.1, 0.15) is 0 Å². The van der Waals surface area contributed by atoms with Crippen molar-refractivity contribution in [3.05, 3.63) is 70.3 Å². The Morgan fingerprint density at radius 2 is 2.11 bits per heavy atom. The number of anilines is 1. The van der Waals surface area contributed by atoms with Gasteiger partial charge in [0.2, 0.25) is 0 Å². The summed E-state index contributed by atoms with van der Waals surface area (Å²) < 4.78 is 6.10. The van der Waals surface area contributed by atoms with Crippen molar-refractivity contribution in [2.75, 3.05) is 25.2 Å². The van der Waals surface area contributed by atoms with E-state index in [-0.39, 0.29) is 11.6 Å². The molecule has 1 heterocycles. The van der Waals surface area contributed by atoms with Crippen LogP contribution in [0.3, 0.4) is 0 Å². The van der Waals surface area contributed by atoms with Gasteiger partial charge < -0.3 is 4.74 Å². The number of rotatable bonds is 7. The maximum atomic E-state index is 12.7. The van der Waals surface area contributed by atoms with E-state index >= 15 is 0 Å². The number of nitro groups is 1. The predicted octanol–water partition coefficient (Wildman–Crippen LogP) is 3.90. The molecule has 0 aliphatic rings. The molecule has 0 spiro atoms. The van der Waals surface area contributed by atoms with Crippen LogP contribution in [0.1, 0.15) is 5.56 Å². The van der Waals surface area contributed by atoms with Crippen LogP contribution in [0.25, 0.3) is 16.3 Å². The number of hydrogen-bond donors (Lipinski definition) is 0. The zero-order valence-corrected chi connectivity index (χ0v) is 15.4. The van der Waals surface area contributed by atoms with E-state index in [0.29, 0.717) is 23.8 Å². The number of methoxy groups -OCH3 is 1. The molecule has 8 heteroatoms. The number of ether oxygens (including phenoxy) is 1. The van der Waals surface area contributed by atoms with Gasteiger partial charge in [-0.3, -0.25) is 19.8 Å². The molecule has 0 saturated carbocycles. The second-order valence-corrected chi connectivity index (χ2v) is 6.64. The van der Waals surface area contributed by atoms with E-state index in [1.807, 2.05) is 24.3 Å². The SMILES string of the molecule is COCCN(C(=O)C=Cc1cccc([N+](=O)[O-])c1)c1nc2ccccc2s1. The maximum Gasteiger partial charge on any atom is 0.270 e. The van der Waals surface area contributed by atoms with Gasteiger partial charge in [-0.05, 0) is 23.8 Å². The zero-order valence-electron chi connectivity index (χ0n) is 14.6. The molecule has 7 nitrogen and oxygen atoms in total. The number of non-ortho nitro benzene ring substituents is 1.